The lowest BCUT2D eigenvalue weighted by atomic mass is 9.96. The maximum atomic E-state index is 6.66. The maximum Gasteiger partial charge on any atom is 0.174 e. The monoisotopic (exact) mass is 614 g/mol. The lowest BCUT2D eigenvalue weighted by molar-refractivity contribution is 0.413. The van der Waals surface area contributed by atoms with Gasteiger partial charge >= 0.3 is 0 Å². The topological polar surface area (TPSA) is 51.6 Å². The number of ether oxygens (including phenoxy) is 2. The molecule has 6 rings (SSSR count). The Kier molecular flexibility index (Phi) is 7.82. The summed E-state index contributed by atoms with van der Waals surface area (Å²) in [7, 11) is 1.64. The number of methoxy groups -OCH3 is 1. The number of nitrogens with zero attached hydrogens (tertiary/aromatic N) is 3. The Morgan fingerprint density at radius 1 is 0.857 bits per heavy atom. The van der Waals surface area contributed by atoms with E-state index in [4.69, 9.17) is 49.9 Å². The highest BCUT2D eigenvalue weighted by Crippen LogP contribution is 2.44. The van der Waals surface area contributed by atoms with Gasteiger partial charge in [-0.25, -0.2) is 0 Å². The van der Waals surface area contributed by atoms with E-state index >= 15 is 0 Å². The molecule has 2 aromatic heterocycles. The largest absolute Gasteiger partial charge is 0.497 e. The molecule has 0 aliphatic carbocycles. The van der Waals surface area contributed by atoms with Crippen molar-refractivity contribution in [3.8, 4) is 22.9 Å². The summed E-state index contributed by atoms with van der Waals surface area (Å²) >= 11 is 18.8. The van der Waals surface area contributed by atoms with Gasteiger partial charge in [0.2, 0.25) is 0 Å². The van der Waals surface area contributed by atoms with E-state index < -0.39 is 0 Å². The fraction of sp³-hybridized carbons (Fsp3) is 0.152. The van der Waals surface area contributed by atoms with Crippen molar-refractivity contribution in [2.24, 2.45) is 0 Å². The number of anilines is 1. The SMILES string of the molecule is COc1ccc(Oc2ccc(N3C(=S)N[C@H](c4ccccn4)[C@H]3c3cc(C)n(-c4ccc(Cl)cc4Cl)c3C)cc2)cc1. The fourth-order valence-corrected chi connectivity index (χ4v) is 6.36. The molecule has 0 amide bonds. The zero-order valence-corrected chi connectivity index (χ0v) is 25.5. The molecular formula is C33H28Cl2N4O2S. The van der Waals surface area contributed by atoms with E-state index in [1.54, 1.807) is 13.2 Å². The molecule has 5 aromatic rings. The number of hydrogen-bond acceptors (Lipinski definition) is 4. The minimum atomic E-state index is -0.177. The van der Waals surface area contributed by atoms with Crippen molar-refractivity contribution < 1.29 is 9.47 Å². The van der Waals surface area contributed by atoms with Crippen molar-refractivity contribution in [2.75, 3.05) is 12.0 Å². The molecule has 1 N–H and O–H groups in total. The molecule has 0 spiro atoms. The Bertz CT molecular complexity index is 1740. The van der Waals surface area contributed by atoms with E-state index in [0.29, 0.717) is 15.2 Å². The number of pyridine rings is 1. The molecule has 42 heavy (non-hydrogen) atoms. The average molecular weight is 616 g/mol. The van der Waals surface area contributed by atoms with Crippen molar-refractivity contribution in [2.45, 2.75) is 25.9 Å². The van der Waals surface area contributed by atoms with E-state index in [1.807, 2.05) is 85.1 Å². The summed E-state index contributed by atoms with van der Waals surface area (Å²) < 4.78 is 13.5. The molecule has 3 heterocycles. The van der Waals surface area contributed by atoms with Crippen LogP contribution in [0.15, 0.2) is 97.2 Å². The first-order valence-corrected chi connectivity index (χ1v) is 14.6. The third-order valence-corrected chi connectivity index (χ3v) is 8.30. The highest BCUT2D eigenvalue weighted by atomic mass is 35.5. The van der Waals surface area contributed by atoms with Crippen molar-refractivity contribution >= 4 is 46.2 Å². The molecule has 1 aliphatic rings. The molecule has 3 aromatic carbocycles. The maximum absolute atomic E-state index is 6.66. The third kappa shape index (κ3) is 5.31. The van der Waals surface area contributed by atoms with Crippen LogP contribution < -0.4 is 19.7 Å². The van der Waals surface area contributed by atoms with E-state index in [2.05, 4.69) is 34.7 Å². The van der Waals surface area contributed by atoms with E-state index in [9.17, 15) is 0 Å². The average Bonchev–Trinajstić information content (AvgIpc) is 3.49. The van der Waals surface area contributed by atoms with Gasteiger partial charge in [0.25, 0.3) is 0 Å². The van der Waals surface area contributed by atoms with Crippen molar-refractivity contribution in [1.82, 2.24) is 14.9 Å². The highest BCUT2D eigenvalue weighted by molar-refractivity contribution is 7.80. The molecule has 6 nitrogen and oxygen atoms in total. The molecular weight excluding hydrogens is 587 g/mol. The van der Waals surface area contributed by atoms with E-state index in [-0.39, 0.29) is 12.1 Å². The Morgan fingerprint density at radius 3 is 2.19 bits per heavy atom. The van der Waals surface area contributed by atoms with Gasteiger partial charge in [-0.2, -0.15) is 0 Å². The van der Waals surface area contributed by atoms with Gasteiger partial charge < -0.3 is 24.3 Å². The molecule has 0 bridgehead atoms. The number of aromatic nitrogens is 2. The Balaban J connectivity index is 1.39. The molecule has 1 aliphatic heterocycles. The normalized spacial score (nSPS) is 16.4. The van der Waals surface area contributed by atoms with Crippen LogP contribution in [0.1, 0.15) is 34.7 Å². The second-order valence-corrected chi connectivity index (χ2v) is 11.3. The molecule has 1 saturated heterocycles. The van der Waals surface area contributed by atoms with Crippen molar-refractivity contribution in [3.63, 3.8) is 0 Å². The second-order valence-electron chi connectivity index (χ2n) is 10.0. The van der Waals surface area contributed by atoms with Crippen LogP contribution in [0.2, 0.25) is 10.0 Å². The summed E-state index contributed by atoms with van der Waals surface area (Å²) in [5, 5.41) is 5.35. The van der Waals surface area contributed by atoms with Crippen LogP contribution in [0.5, 0.6) is 17.2 Å². The molecule has 0 radical (unpaired) electrons. The van der Waals surface area contributed by atoms with Gasteiger partial charge in [-0.05, 0) is 117 Å². The lowest BCUT2D eigenvalue weighted by Gasteiger charge is -2.28. The first kappa shape index (κ1) is 28.1. The van der Waals surface area contributed by atoms with Gasteiger partial charge in [0.05, 0.1) is 35.6 Å². The summed E-state index contributed by atoms with van der Waals surface area (Å²) in [5.74, 6) is 2.22. The van der Waals surface area contributed by atoms with E-state index in [1.165, 1.54) is 0 Å². The van der Waals surface area contributed by atoms with Crippen LogP contribution in [0.4, 0.5) is 5.69 Å². The van der Waals surface area contributed by atoms with Gasteiger partial charge in [-0.1, -0.05) is 29.3 Å². The van der Waals surface area contributed by atoms with Gasteiger partial charge in [-0.3, -0.25) is 4.98 Å². The van der Waals surface area contributed by atoms with Crippen LogP contribution >= 0.6 is 35.4 Å². The Hall–Kier alpha value is -4.04. The van der Waals surface area contributed by atoms with Crippen LogP contribution in [0.25, 0.3) is 5.69 Å². The van der Waals surface area contributed by atoms with Crippen LogP contribution in [0, 0.1) is 13.8 Å². The van der Waals surface area contributed by atoms with Crippen LogP contribution in [-0.4, -0.2) is 21.8 Å². The number of hydrogen-bond donors (Lipinski definition) is 1. The molecule has 2 atom stereocenters. The summed E-state index contributed by atoms with van der Waals surface area (Å²) in [6.07, 6.45) is 1.81. The molecule has 0 saturated carbocycles. The third-order valence-electron chi connectivity index (χ3n) is 7.45. The van der Waals surface area contributed by atoms with Crippen molar-refractivity contribution in [3.05, 3.63) is 130 Å². The summed E-state index contributed by atoms with van der Waals surface area (Å²) in [5.41, 5.74) is 5.93. The van der Waals surface area contributed by atoms with Gasteiger partial charge in [0.15, 0.2) is 5.11 Å². The van der Waals surface area contributed by atoms with Gasteiger partial charge in [0.1, 0.15) is 17.2 Å². The first-order valence-electron chi connectivity index (χ1n) is 13.4. The molecule has 1 fully saturated rings. The Labute approximate surface area is 260 Å². The van der Waals surface area contributed by atoms with Crippen molar-refractivity contribution in [1.29, 1.82) is 0 Å². The molecule has 212 valence electrons. The number of halogens is 2. The number of aryl methyl sites for hydroxylation is 1. The molecule has 9 heteroatoms. The van der Waals surface area contributed by atoms with E-state index in [0.717, 1.165) is 51.3 Å². The number of thiocarbonyl (C=S) groups is 1. The predicted octanol–water partition coefficient (Wildman–Crippen LogP) is 8.77. The number of nitrogens with one attached hydrogen (secondary N) is 1. The molecule has 0 unspecified atom stereocenters. The fourth-order valence-electron chi connectivity index (χ4n) is 5.52. The predicted molar refractivity (Wildman–Crippen MR) is 173 cm³/mol. The zero-order chi connectivity index (χ0) is 29.4. The van der Waals surface area contributed by atoms with Crippen LogP contribution in [0.3, 0.4) is 0 Å². The lowest BCUT2D eigenvalue weighted by Crippen LogP contribution is -2.29. The zero-order valence-electron chi connectivity index (χ0n) is 23.2. The Morgan fingerprint density at radius 2 is 1.55 bits per heavy atom. The first-order chi connectivity index (χ1) is 20.3. The minimum absolute atomic E-state index is 0.174. The quantitative estimate of drug-likeness (QED) is 0.185. The number of rotatable bonds is 7. The summed E-state index contributed by atoms with van der Waals surface area (Å²) in [6, 6.07) is 28.8. The highest BCUT2D eigenvalue weighted by Gasteiger charge is 2.42. The van der Waals surface area contributed by atoms with Crippen LogP contribution in [-0.2, 0) is 0 Å². The standard InChI is InChI=1S/C33H28Cl2N4O2S/c1-20-18-27(21(2)38(20)30-16-7-22(34)19-28(30)35)32-31(29-6-4-5-17-36-29)37-33(42)39(32)23-8-10-25(11-9-23)41-26-14-12-24(40-3)13-15-26/h4-19,31-32H,1-3H3,(H,37,42)/t31-,32-/m1/s1. The summed E-state index contributed by atoms with van der Waals surface area (Å²) in [6.45, 7) is 4.18. The smallest absolute Gasteiger partial charge is 0.174 e. The summed E-state index contributed by atoms with van der Waals surface area (Å²) in [4.78, 5) is 6.85. The van der Waals surface area contributed by atoms with Gasteiger partial charge in [-0.15, -0.1) is 0 Å². The minimum Gasteiger partial charge on any atom is -0.497 e. The number of benzene rings is 3. The van der Waals surface area contributed by atoms with Gasteiger partial charge in [0, 0.05) is 28.3 Å². The second kappa shape index (κ2) is 11.7.